The first-order valence-corrected chi connectivity index (χ1v) is 9.10. The summed E-state index contributed by atoms with van der Waals surface area (Å²) in [6, 6.07) is 0.465. The van der Waals surface area contributed by atoms with Crippen LogP contribution in [-0.4, -0.2) is 38.4 Å². The highest BCUT2D eigenvalue weighted by Gasteiger charge is 2.38. The van der Waals surface area contributed by atoms with Crippen molar-refractivity contribution in [1.82, 2.24) is 19.9 Å². The van der Waals surface area contributed by atoms with E-state index in [1.807, 2.05) is 15.7 Å². The van der Waals surface area contributed by atoms with Crippen molar-refractivity contribution in [2.24, 2.45) is 0 Å². The molecule has 0 aromatic carbocycles. The Bertz CT molecular complexity index is 836. The summed E-state index contributed by atoms with van der Waals surface area (Å²) in [4.78, 5) is 14.6. The maximum absolute atomic E-state index is 12.6. The van der Waals surface area contributed by atoms with Crippen molar-refractivity contribution < 1.29 is 4.79 Å². The molecule has 1 fully saturated rings. The number of amides is 1. The Hall–Kier alpha value is -2.43. The predicted molar refractivity (Wildman–Crippen MR) is 97.8 cm³/mol. The van der Waals surface area contributed by atoms with Gasteiger partial charge in [-0.25, -0.2) is 4.68 Å². The van der Waals surface area contributed by atoms with Crippen molar-refractivity contribution in [2.75, 3.05) is 6.54 Å². The van der Waals surface area contributed by atoms with Crippen molar-refractivity contribution in [3.63, 3.8) is 0 Å². The molecule has 1 aromatic rings. The fourth-order valence-corrected chi connectivity index (χ4v) is 3.67. The highest BCUT2D eigenvalue weighted by Crippen LogP contribution is 2.36. The highest BCUT2D eigenvalue weighted by atomic mass is 16.2. The van der Waals surface area contributed by atoms with E-state index in [2.05, 4.69) is 55.4 Å². The lowest BCUT2D eigenvalue weighted by Crippen LogP contribution is -2.29. The van der Waals surface area contributed by atoms with Crippen LogP contribution in [0.1, 0.15) is 50.4 Å². The maximum Gasteiger partial charge on any atom is 0.254 e. The van der Waals surface area contributed by atoms with E-state index in [1.165, 1.54) is 0 Å². The average molecular weight is 336 g/mol. The monoisotopic (exact) mass is 336 g/mol. The Labute approximate surface area is 148 Å². The molecule has 1 amide bonds. The summed E-state index contributed by atoms with van der Waals surface area (Å²) < 4.78 is 1.90. The average Bonchev–Trinajstić information content (AvgIpc) is 3.33. The molecule has 2 heterocycles. The Morgan fingerprint density at radius 2 is 2.08 bits per heavy atom. The molecule has 1 atom stereocenters. The lowest BCUT2D eigenvalue weighted by molar-refractivity contribution is -0.125. The molecule has 1 aliphatic heterocycles. The van der Waals surface area contributed by atoms with Crippen LogP contribution in [0.4, 0.5) is 0 Å². The Balaban J connectivity index is 1.58. The molecule has 1 unspecified atom stereocenters. The van der Waals surface area contributed by atoms with E-state index in [0.717, 1.165) is 54.0 Å². The van der Waals surface area contributed by atoms with Gasteiger partial charge < -0.3 is 4.90 Å². The molecule has 0 spiro atoms. The van der Waals surface area contributed by atoms with Gasteiger partial charge in [0, 0.05) is 29.8 Å². The van der Waals surface area contributed by atoms with Crippen LogP contribution in [0.5, 0.6) is 0 Å². The number of allylic oxidation sites excluding steroid dienone is 4. The van der Waals surface area contributed by atoms with Gasteiger partial charge in [0.15, 0.2) is 0 Å². The first kappa shape index (κ1) is 16.1. The van der Waals surface area contributed by atoms with Crippen molar-refractivity contribution in [3.8, 4) is 0 Å². The van der Waals surface area contributed by atoms with Crippen LogP contribution in [0, 0.1) is 6.92 Å². The Kier molecular flexibility index (Phi) is 3.94. The molecule has 0 bridgehead atoms. The molecule has 4 rings (SSSR count). The minimum absolute atomic E-state index is 0.0518. The third-order valence-electron chi connectivity index (χ3n) is 5.22. The van der Waals surface area contributed by atoms with Crippen molar-refractivity contribution in [2.45, 2.75) is 52.0 Å². The van der Waals surface area contributed by atoms with Crippen LogP contribution in [0.3, 0.4) is 0 Å². The SMILES string of the molecule is CC/C=C(\C)n1nnc(C2C=CC3=C(C=C2)C(=O)N(C2CC2)C3)c1C. The lowest BCUT2D eigenvalue weighted by atomic mass is 10.0. The van der Waals surface area contributed by atoms with Crippen LogP contribution in [0.25, 0.3) is 5.70 Å². The number of carbonyl (C=O) groups excluding carboxylic acids is 1. The molecule has 2 aliphatic carbocycles. The minimum atomic E-state index is 0.0518. The molecular weight excluding hydrogens is 312 g/mol. The van der Waals surface area contributed by atoms with E-state index < -0.39 is 0 Å². The summed E-state index contributed by atoms with van der Waals surface area (Å²) in [7, 11) is 0. The molecule has 130 valence electrons. The van der Waals surface area contributed by atoms with Gasteiger partial charge in [0.1, 0.15) is 0 Å². The predicted octanol–water partition coefficient (Wildman–Crippen LogP) is 3.37. The summed E-state index contributed by atoms with van der Waals surface area (Å²) >= 11 is 0. The third-order valence-corrected chi connectivity index (χ3v) is 5.22. The lowest BCUT2D eigenvalue weighted by Gasteiger charge is -2.15. The number of nitrogens with zero attached hydrogens (tertiary/aromatic N) is 4. The maximum atomic E-state index is 12.6. The molecular formula is C20H24N4O. The van der Waals surface area contributed by atoms with E-state index in [-0.39, 0.29) is 11.8 Å². The number of aromatic nitrogens is 3. The first-order valence-electron chi connectivity index (χ1n) is 9.10. The second-order valence-corrected chi connectivity index (χ2v) is 7.07. The zero-order chi connectivity index (χ0) is 17.6. The number of rotatable bonds is 4. The summed E-state index contributed by atoms with van der Waals surface area (Å²) in [5.74, 6) is 0.233. The largest absolute Gasteiger partial charge is 0.331 e. The summed E-state index contributed by atoms with van der Waals surface area (Å²) in [6.45, 7) is 6.96. The van der Waals surface area contributed by atoms with E-state index in [9.17, 15) is 4.79 Å². The quantitative estimate of drug-likeness (QED) is 0.847. The highest BCUT2D eigenvalue weighted by molar-refractivity contribution is 6.01. The molecule has 3 aliphatic rings. The number of carbonyl (C=O) groups is 1. The Morgan fingerprint density at radius 3 is 2.80 bits per heavy atom. The third kappa shape index (κ3) is 2.77. The van der Waals surface area contributed by atoms with Gasteiger partial charge in [0.25, 0.3) is 5.91 Å². The molecule has 5 heteroatoms. The van der Waals surface area contributed by atoms with Gasteiger partial charge >= 0.3 is 0 Å². The van der Waals surface area contributed by atoms with Gasteiger partial charge in [-0.2, -0.15) is 0 Å². The second kappa shape index (κ2) is 6.14. The van der Waals surface area contributed by atoms with Crippen LogP contribution in [0.15, 0.2) is 41.5 Å². The van der Waals surface area contributed by atoms with Crippen molar-refractivity contribution >= 4 is 11.6 Å². The smallest absolute Gasteiger partial charge is 0.254 e. The second-order valence-electron chi connectivity index (χ2n) is 7.07. The molecule has 5 nitrogen and oxygen atoms in total. The summed E-state index contributed by atoms with van der Waals surface area (Å²) in [5.41, 5.74) is 5.07. The molecule has 1 aromatic heterocycles. The van der Waals surface area contributed by atoms with E-state index in [4.69, 9.17) is 0 Å². The summed E-state index contributed by atoms with van der Waals surface area (Å²) in [5, 5.41) is 8.72. The van der Waals surface area contributed by atoms with Gasteiger partial charge in [-0.1, -0.05) is 42.5 Å². The van der Waals surface area contributed by atoms with Crippen LogP contribution >= 0.6 is 0 Å². The molecule has 25 heavy (non-hydrogen) atoms. The zero-order valence-corrected chi connectivity index (χ0v) is 15.1. The fraction of sp³-hybridized carbons (Fsp3) is 0.450. The van der Waals surface area contributed by atoms with Crippen LogP contribution in [-0.2, 0) is 4.79 Å². The topological polar surface area (TPSA) is 51.0 Å². The normalized spacial score (nSPS) is 23.5. The van der Waals surface area contributed by atoms with Crippen LogP contribution < -0.4 is 0 Å². The van der Waals surface area contributed by atoms with Crippen molar-refractivity contribution in [1.29, 1.82) is 0 Å². The van der Waals surface area contributed by atoms with E-state index in [0.29, 0.717) is 6.04 Å². The standard InChI is InChI=1S/C20H24N4O/c1-4-5-13(2)24-14(3)19(21-22-24)15-6-7-16-12-23(17-9-10-17)20(25)18(16)11-8-15/h5-8,11,15,17H,4,9-10,12H2,1-3H3/b13-5+. The van der Waals surface area contributed by atoms with E-state index >= 15 is 0 Å². The van der Waals surface area contributed by atoms with Gasteiger partial charge in [-0.05, 0) is 38.7 Å². The molecule has 1 saturated carbocycles. The molecule has 0 N–H and O–H groups in total. The van der Waals surface area contributed by atoms with Crippen molar-refractivity contribution in [3.05, 3.63) is 52.9 Å². The molecule has 0 radical (unpaired) electrons. The Morgan fingerprint density at radius 1 is 1.32 bits per heavy atom. The number of hydrogen-bond acceptors (Lipinski definition) is 3. The minimum Gasteiger partial charge on any atom is -0.331 e. The first-order chi connectivity index (χ1) is 12.1. The van der Waals surface area contributed by atoms with Gasteiger partial charge in [-0.3, -0.25) is 4.79 Å². The van der Waals surface area contributed by atoms with Gasteiger partial charge in [0.05, 0.1) is 11.4 Å². The van der Waals surface area contributed by atoms with Crippen LogP contribution in [0.2, 0.25) is 0 Å². The summed E-state index contributed by atoms with van der Waals surface area (Å²) in [6.07, 6.45) is 13.7. The fourth-order valence-electron chi connectivity index (χ4n) is 3.67. The van der Waals surface area contributed by atoms with Gasteiger partial charge in [0.2, 0.25) is 0 Å². The number of hydrogen-bond donors (Lipinski definition) is 0. The molecule has 0 saturated heterocycles. The van der Waals surface area contributed by atoms with E-state index in [1.54, 1.807) is 0 Å². The zero-order valence-electron chi connectivity index (χ0n) is 15.1. The van der Waals surface area contributed by atoms with Gasteiger partial charge in [-0.15, -0.1) is 5.10 Å².